The van der Waals surface area contributed by atoms with Crippen LogP contribution in [0.4, 0.5) is 5.88 Å². The molecule has 0 atom stereocenters. The van der Waals surface area contributed by atoms with Gasteiger partial charge >= 0.3 is 5.97 Å². The van der Waals surface area contributed by atoms with Gasteiger partial charge < -0.3 is 14.2 Å². The third kappa shape index (κ3) is 5.29. The van der Waals surface area contributed by atoms with Crippen LogP contribution in [0, 0.1) is 13.8 Å². The molecule has 2 aromatic carbocycles. The number of imidazole rings is 1. The fourth-order valence-electron chi connectivity index (χ4n) is 4.22. The van der Waals surface area contributed by atoms with E-state index in [9.17, 15) is 18.3 Å². The van der Waals surface area contributed by atoms with Gasteiger partial charge in [0.25, 0.3) is 10.0 Å². The molecule has 0 bridgehead atoms. The van der Waals surface area contributed by atoms with Gasteiger partial charge in [0, 0.05) is 24.1 Å². The first-order chi connectivity index (χ1) is 17.7. The predicted octanol–water partition coefficient (Wildman–Crippen LogP) is 5.22. The molecule has 2 N–H and O–H groups in total. The Balaban J connectivity index is 1.66. The average Bonchev–Trinajstić information content (AvgIpc) is 3.39. The lowest BCUT2D eigenvalue weighted by atomic mass is 10.0. The number of anilines is 1. The second-order valence-corrected chi connectivity index (χ2v) is 10.5. The second-order valence-electron chi connectivity index (χ2n) is 8.84. The van der Waals surface area contributed by atoms with Crippen molar-refractivity contribution in [2.24, 2.45) is 0 Å². The Bertz CT molecular complexity index is 1540. The summed E-state index contributed by atoms with van der Waals surface area (Å²) in [5.74, 6) is -0.153. The van der Waals surface area contributed by atoms with Crippen molar-refractivity contribution < 1.29 is 22.8 Å². The molecule has 37 heavy (non-hydrogen) atoms. The molecule has 0 saturated carbocycles. The highest BCUT2D eigenvalue weighted by atomic mass is 32.2. The number of aryl methyl sites for hydroxylation is 3. The predicted molar refractivity (Wildman–Crippen MR) is 140 cm³/mol. The van der Waals surface area contributed by atoms with E-state index in [1.54, 1.807) is 36.6 Å². The van der Waals surface area contributed by atoms with E-state index in [4.69, 9.17) is 4.52 Å². The van der Waals surface area contributed by atoms with Crippen molar-refractivity contribution in [2.45, 2.75) is 58.4 Å². The number of rotatable bonds is 10. The van der Waals surface area contributed by atoms with Gasteiger partial charge in [-0.3, -0.25) is 0 Å². The Labute approximate surface area is 216 Å². The molecule has 2 heterocycles. The quantitative estimate of drug-likeness (QED) is 0.292. The molecule has 0 amide bonds. The molecule has 0 aliphatic heterocycles. The van der Waals surface area contributed by atoms with Crippen LogP contribution in [0.15, 0.2) is 57.9 Å². The number of nitrogens with zero attached hydrogens (tertiary/aromatic N) is 3. The van der Waals surface area contributed by atoms with E-state index < -0.39 is 16.0 Å². The van der Waals surface area contributed by atoms with Crippen LogP contribution in [0.3, 0.4) is 0 Å². The molecule has 0 aliphatic carbocycles. The molecule has 0 radical (unpaired) electrons. The largest absolute Gasteiger partial charge is 0.477 e. The summed E-state index contributed by atoms with van der Waals surface area (Å²) >= 11 is 0. The molecule has 4 rings (SSSR count). The molecule has 2 aromatic heterocycles. The Morgan fingerprint density at radius 2 is 1.78 bits per heavy atom. The number of nitrogens with one attached hydrogen (secondary N) is 1. The lowest BCUT2D eigenvalue weighted by Crippen LogP contribution is -2.14. The number of hydrogen-bond donors (Lipinski definition) is 2. The van der Waals surface area contributed by atoms with Crippen molar-refractivity contribution in [3.8, 4) is 11.1 Å². The molecule has 0 unspecified atom stereocenters. The minimum atomic E-state index is -3.95. The van der Waals surface area contributed by atoms with Crippen LogP contribution in [-0.2, 0) is 29.4 Å². The van der Waals surface area contributed by atoms with E-state index in [2.05, 4.69) is 14.9 Å². The molecular formula is C27H30N4O5S. The van der Waals surface area contributed by atoms with Crippen LogP contribution in [0.1, 0.15) is 59.1 Å². The van der Waals surface area contributed by atoms with Crippen LogP contribution in [-0.4, -0.2) is 34.2 Å². The van der Waals surface area contributed by atoms with Crippen molar-refractivity contribution in [3.05, 3.63) is 82.6 Å². The first-order valence-corrected chi connectivity index (χ1v) is 13.6. The third-order valence-electron chi connectivity index (χ3n) is 6.30. The molecular weight excluding hydrogens is 492 g/mol. The van der Waals surface area contributed by atoms with Gasteiger partial charge in [0.1, 0.15) is 5.82 Å². The normalized spacial score (nSPS) is 11.6. The number of hydrogen-bond acceptors (Lipinski definition) is 6. The maximum Gasteiger partial charge on any atom is 0.354 e. The molecule has 9 nitrogen and oxygen atoms in total. The van der Waals surface area contributed by atoms with Gasteiger partial charge in [0.05, 0.1) is 16.3 Å². The number of benzene rings is 2. The lowest BCUT2D eigenvalue weighted by molar-refractivity contribution is 0.0684. The summed E-state index contributed by atoms with van der Waals surface area (Å²) in [6.07, 6.45) is 2.07. The van der Waals surface area contributed by atoms with Crippen molar-refractivity contribution in [2.75, 3.05) is 4.72 Å². The van der Waals surface area contributed by atoms with E-state index in [1.165, 1.54) is 6.07 Å². The van der Waals surface area contributed by atoms with Crippen LogP contribution < -0.4 is 4.72 Å². The fraction of sp³-hybridized carbons (Fsp3) is 0.296. The monoisotopic (exact) mass is 522 g/mol. The number of sulfonamides is 1. The zero-order valence-corrected chi connectivity index (χ0v) is 22.1. The minimum Gasteiger partial charge on any atom is -0.477 e. The van der Waals surface area contributed by atoms with Crippen LogP contribution in [0.2, 0.25) is 0 Å². The smallest absolute Gasteiger partial charge is 0.354 e. The summed E-state index contributed by atoms with van der Waals surface area (Å²) in [5, 5.41) is 13.6. The summed E-state index contributed by atoms with van der Waals surface area (Å²) in [7, 11) is -3.95. The summed E-state index contributed by atoms with van der Waals surface area (Å²) in [6.45, 7) is 7.76. The number of aromatic carboxylic acids is 1. The molecule has 0 fully saturated rings. The zero-order chi connectivity index (χ0) is 26.7. The van der Waals surface area contributed by atoms with Crippen molar-refractivity contribution >= 4 is 21.9 Å². The van der Waals surface area contributed by atoms with Crippen molar-refractivity contribution in [1.82, 2.24) is 14.7 Å². The van der Waals surface area contributed by atoms with Gasteiger partial charge in [-0.25, -0.2) is 22.9 Å². The van der Waals surface area contributed by atoms with Crippen molar-refractivity contribution in [3.63, 3.8) is 0 Å². The van der Waals surface area contributed by atoms with Gasteiger partial charge in [-0.1, -0.05) is 61.5 Å². The lowest BCUT2D eigenvalue weighted by Gasteiger charge is -2.13. The highest BCUT2D eigenvalue weighted by Gasteiger charge is 2.24. The number of aromatic nitrogens is 3. The number of carboxylic acid groups (broad SMARTS) is 1. The molecule has 0 saturated heterocycles. The average molecular weight is 523 g/mol. The number of carboxylic acids is 1. The first-order valence-electron chi connectivity index (χ1n) is 12.1. The van der Waals surface area contributed by atoms with E-state index >= 15 is 0 Å². The van der Waals surface area contributed by atoms with Crippen molar-refractivity contribution in [1.29, 1.82) is 0 Å². The second kappa shape index (κ2) is 10.6. The summed E-state index contributed by atoms with van der Waals surface area (Å²) in [5.41, 5.74) is 4.16. The maximum absolute atomic E-state index is 13.2. The van der Waals surface area contributed by atoms with E-state index in [0.717, 1.165) is 17.8 Å². The minimum absolute atomic E-state index is 0.0894. The Kier molecular flexibility index (Phi) is 7.49. The van der Waals surface area contributed by atoms with Gasteiger partial charge in [-0.05, 0) is 43.9 Å². The Morgan fingerprint density at radius 3 is 2.38 bits per heavy atom. The number of carbonyl (C=O) groups is 1. The van der Waals surface area contributed by atoms with Crippen LogP contribution >= 0.6 is 0 Å². The van der Waals surface area contributed by atoms with Gasteiger partial charge in [-0.15, -0.1) is 0 Å². The fourth-order valence-corrected chi connectivity index (χ4v) is 5.50. The summed E-state index contributed by atoms with van der Waals surface area (Å²) in [4.78, 5) is 16.7. The molecule has 10 heteroatoms. The van der Waals surface area contributed by atoms with Gasteiger partial charge in [0.2, 0.25) is 5.88 Å². The van der Waals surface area contributed by atoms with E-state index in [0.29, 0.717) is 47.5 Å². The molecule has 4 aromatic rings. The molecule has 194 valence electrons. The standard InChI is InChI=1S/C27H30N4O5S/c1-5-9-24-28-22(6-2)25(27(32)33)31(24)16-19-12-14-20(15-13-19)21-10-7-8-11-23(21)37(34,35)30-26-17(3)18(4)29-36-26/h7-8,10-15,30H,5-6,9,16H2,1-4H3,(H,32,33). The van der Waals surface area contributed by atoms with E-state index in [-0.39, 0.29) is 16.5 Å². The van der Waals surface area contributed by atoms with Gasteiger partial charge in [-0.2, -0.15) is 0 Å². The molecule has 0 aliphatic rings. The molecule has 0 spiro atoms. The summed E-state index contributed by atoms with van der Waals surface area (Å²) in [6, 6.07) is 14.2. The maximum atomic E-state index is 13.2. The Morgan fingerprint density at radius 1 is 1.08 bits per heavy atom. The zero-order valence-electron chi connectivity index (χ0n) is 21.3. The SMILES string of the molecule is CCCc1nc(CC)c(C(=O)O)n1Cc1ccc(-c2ccccc2S(=O)(=O)Nc2onc(C)c2C)cc1. The van der Waals surface area contributed by atoms with Gasteiger partial charge in [0.15, 0.2) is 5.69 Å². The summed E-state index contributed by atoms with van der Waals surface area (Å²) < 4.78 is 35.9. The highest BCUT2D eigenvalue weighted by Crippen LogP contribution is 2.30. The third-order valence-corrected chi connectivity index (χ3v) is 7.69. The first kappa shape index (κ1) is 26.2. The van der Waals surface area contributed by atoms with Crippen LogP contribution in [0.5, 0.6) is 0 Å². The van der Waals surface area contributed by atoms with E-state index in [1.807, 2.05) is 38.1 Å². The Hall–Kier alpha value is -3.92. The van der Waals surface area contributed by atoms with Crippen LogP contribution in [0.25, 0.3) is 11.1 Å². The topological polar surface area (TPSA) is 127 Å². The highest BCUT2D eigenvalue weighted by molar-refractivity contribution is 7.92.